The molecule has 0 radical (unpaired) electrons. The molecule has 66 valence electrons. The minimum atomic E-state index is -0.148. The molecule has 0 aromatic rings. The summed E-state index contributed by atoms with van der Waals surface area (Å²) in [5.74, 6) is 0. The molecule has 3 nitrogen and oxygen atoms in total. The number of hydrogen-bond donors (Lipinski definition) is 0. The summed E-state index contributed by atoms with van der Waals surface area (Å²) in [7, 11) is 4.07. The minimum absolute atomic E-state index is 0.148. The third-order valence-corrected chi connectivity index (χ3v) is 2.47. The van der Waals surface area contributed by atoms with Crippen LogP contribution in [-0.2, 0) is 4.74 Å². The first kappa shape index (κ1) is 7.95. The van der Waals surface area contributed by atoms with Crippen molar-refractivity contribution in [2.24, 2.45) is 4.99 Å². The fraction of sp³-hybridized carbons (Fsp3) is 0.667. The lowest BCUT2D eigenvalue weighted by atomic mass is 10.1. The first-order chi connectivity index (χ1) is 5.76. The highest BCUT2D eigenvalue weighted by Gasteiger charge is 2.51. The molecule has 0 spiro atoms. The second kappa shape index (κ2) is 2.68. The van der Waals surface area contributed by atoms with Crippen molar-refractivity contribution in [3.8, 4) is 0 Å². The molecular weight excluding hydrogens is 152 g/mol. The van der Waals surface area contributed by atoms with E-state index in [0.29, 0.717) is 0 Å². The molecule has 1 fully saturated rings. The Morgan fingerprint density at radius 1 is 1.58 bits per heavy atom. The van der Waals surface area contributed by atoms with Crippen LogP contribution in [0.25, 0.3) is 0 Å². The summed E-state index contributed by atoms with van der Waals surface area (Å²) in [4.78, 5) is 6.46. The van der Waals surface area contributed by atoms with Crippen LogP contribution in [0.3, 0.4) is 0 Å². The highest BCUT2D eigenvalue weighted by atomic mass is 16.6. The summed E-state index contributed by atoms with van der Waals surface area (Å²) < 4.78 is 5.46. The van der Waals surface area contributed by atoms with Gasteiger partial charge in [-0.05, 0) is 26.9 Å². The van der Waals surface area contributed by atoms with Crippen LogP contribution in [0.5, 0.6) is 0 Å². The van der Waals surface area contributed by atoms with Crippen molar-refractivity contribution in [3.63, 3.8) is 0 Å². The second-order valence-electron chi connectivity index (χ2n) is 3.47. The lowest BCUT2D eigenvalue weighted by molar-refractivity contribution is 0.194. The molecule has 2 rings (SSSR count). The van der Waals surface area contributed by atoms with Gasteiger partial charge in [0.15, 0.2) is 5.72 Å². The van der Waals surface area contributed by atoms with Gasteiger partial charge in [0.05, 0.1) is 12.3 Å². The zero-order valence-electron chi connectivity index (χ0n) is 7.58. The van der Waals surface area contributed by atoms with E-state index in [-0.39, 0.29) is 5.72 Å². The molecule has 3 heteroatoms. The first-order valence-corrected chi connectivity index (χ1v) is 4.29. The Morgan fingerprint density at radius 3 is 2.75 bits per heavy atom. The van der Waals surface area contributed by atoms with E-state index >= 15 is 0 Å². The SMILES string of the molecule is CN(C)C1(C2=NC=CCC2)CO1. The van der Waals surface area contributed by atoms with Crippen molar-refractivity contribution < 1.29 is 4.74 Å². The molecule has 1 saturated heterocycles. The minimum Gasteiger partial charge on any atom is -0.347 e. The molecule has 0 amide bonds. The van der Waals surface area contributed by atoms with Crippen LogP contribution in [0.1, 0.15) is 12.8 Å². The Labute approximate surface area is 72.7 Å². The van der Waals surface area contributed by atoms with Crippen LogP contribution in [0, 0.1) is 0 Å². The van der Waals surface area contributed by atoms with Gasteiger partial charge in [0, 0.05) is 6.20 Å². The topological polar surface area (TPSA) is 28.1 Å². The van der Waals surface area contributed by atoms with Gasteiger partial charge in [-0.3, -0.25) is 9.89 Å². The van der Waals surface area contributed by atoms with Gasteiger partial charge in [-0.15, -0.1) is 0 Å². The van der Waals surface area contributed by atoms with Gasteiger partial charge in [0.1, 0.15) is 0 Å². The van der Waals surface area contributed by atoms with Gasteiger partial charge in [0.2, 0.25) is 0 Å². The van der Waals surface area contributed by atoms with Gasteiger partial charge < -0.3 is 4.74 Å². The maximum atomic E-state index is 5.46. The third kappa shape index (κ3) is 1.09. The molecule has 1 atom stereocenters. The van der Waals surface area contributed by atoms with Crippen LogP contribution in [0.15, 0.2) is 17.3 Å². The van der Waals surface area contributed by atoms with Crippen molar-refractivity contribution in [1.82, 2.24) is 4.90 Å². The highest BCUT2D eigenvalue weighted by Crippen LogP contribution is 2.33. The summed E-state index contributed by atoms with van der Waals surface area (Å²) in [5, 5.41) is 0. The molecule has 0 bridgehead atoms. The van der Waals surface area contributed by atoms with Crippen LogP contribution in [-0.4, -0.2) is 37.0 Å². The molecule has 0 N–H and O–H groups in total. The molecule has 0 aromatic heterocycles. The van der Waals surface area contributed by atoms with E-state index in [4.69, 9.17) is 4.74 Å². The number of allylic oxidation sites excluding steroid dienone is 1. The van der Waals surface area contributed by atoms with Gasteiger partial charge in [-0.25, -0.2) is 0 Å². The molecular formula is C9H14N2O. The quantitative estimate of drug-likeness (QED) is 0.573. The molecule has 0 aliphatic carbocycles. The van der Waals surface area contributed by atoms with E-state index in [1.54, 1.807) is 0 Å². The average molecular weight is 166 g/mol. The first-order valence-electron chi connectivity index (χ1n) is 4.29. The van der Waals surface area contributed by atoms with Crippen LogP contribution in [0.2, 0.25) is 0 Å². The zero-order chi connectivity index (χ0) is 8.60. The predicted molar refractivity (Wildman–Crippen MR) is 48.2 cm³/mol. The van der Waals surface area contributed by atoms with Gasteiger partial charge in [0.25, 0.3) is 0 Å². The lowest BCUT2D eigenvalue weighted by Crippen LogP contribution is -2.40. The lowest BCUT2D eigenvalue weighted by Gasteiger charge is -2.22. The third-order valence-electron chi connectivity index (χ3n) is 2.47. The van der Waals surface area contributed by atoms with E-state index in [0.717, 1.165) is 19.4 Å². The Kier molecular flexibility index (Phi) is 1.77. The van der Waals surface area contributed by atoms with E-state index in [1.165, 1.54) is 5.71 Å². The smallest absolute Gasteiger partial charge is 0.184 e. The molecule has 1 unspecified atom stereocenters. The Hall–Kier alpha value is -0.670. The number of likely N-dealkylation sites (N-methyl/N-ethyl adjacent to an activating group) is 1. The van der Waals surface area contributed by atoms with E-state index in [1.807, 2.05) is 20.3 Å². The average Bonchev–Trinajstić information content (AvgIpc) is 2.86. The fourth-order valence-corrected chi connectivity index (χ4v) is 1.55. The second-order valence-corrected chi connectivity index (χ2v) is 3.47. The molecule has 2 heterocycles. The van der Waals surface area contributed by atoms with Crippen LogP contribution in [0.4, 0.5) is 0 Å². The van der Waals surface area contributed by atoms with Gasteiger partial charge in [-0.2, -0.15) is 0 Å². The normalized spacial score (nSPS) is 33.8. The van der Waals surface area contributed by atoms with Gasteiger partial charge >= 0.3 is 0 Å². The van der Waals surface area contributed by atoms with E-state index in [9.17, 15) is 0 Å². The number of aliphatic imine (C=N–C) groups is 1. The molecule has 0 saturated carbocycles. The fourth-order valence-electron chi connectivity index (χ4n) is 1.55. The van der Waals surface area contributed by atoms with Gasteiger partial charge in [-0.1, -0.05) is 6.08 Å². The number of nitrogens with zero attached hydrogens (tertiary/aromatic N) is 2. The van der Waals surface area contributed by atoms with Crippen molar-refractivity contribution in [1.29, 1.82) is 0 Å². The summed E-state index contributed by atoms with van der Waals surface area (Å²) in [6, 6.07) is 0. The Morgan fingerprint density at radius 2 is 2.33 bits per heavy atom. The summed E-state index contributed by atoms with van der Waals surface area (Å²) in [5.41, 5.74) is 1.03. The van der Waals surface area contributed by atoms with Crippen molar-refractivity contribution in [2.75, 3.05) is 20.7 Å². The number of rotatable bonds is 2. The molecule has 12 heavy (non-hydrogen) atoms. The Balaban J connectivity index is 2.18. The van der Waals surface area contributed by atoms with Crippen LogP contribution < -0.4 is 0 Å². The predicted octanol–water partition coefficient (Wildman–Crippen LogP) is 1.02. The summed E-state index contributed by atoms with van der Waals surface area (Å²) >= 11 is 0. The molecule has 2 aliphatic heterocycles. The molecule has 0 aromatic carbocycles. The standard InChI is InChI=1S/C9H14N2O/c1-11(2)9(7-12-9)8-5-3-4-6-10-8/h4,6H,3,5,7H2,1-2H3. The zero-order valence-corrected chi connectivity index (χ0v) is 7.58. The van der Waals surface area contributed by atoms with Crippen molar-refractivity contribution in [2.45, 2.75) is 18.6 Å². The van der Waals surface area contributed by atoms with Crippen molar-refractivity contribution in [3.05, 3.63) is 12.3 Å². The van der Waals surface area contributed by atoms with Crippen molar-refractivity contribution >= 4 is 5.71 Å². The summed E-state index contributed by atoms with van der Waals surface area (Å²) in [6.07, 6.45) is 6.10. The maximum Gasteiger partial charge on any atom is 0.184 e. The monoisotopic (exact) mass is 166 g/mol. The van der Waals surface area contributed by atoms with E-state index in [2.05, 4.69) is 16.0 Å². The highest BCUT2D eigenvalue weighted by molar-refractivity contribution is 5.95. The maximum absolute atomic E-state index is 5.46. The van der Waals surface area contributed by atoms with E-state index < -0.39 is 0 Å². The molecule has 2 aliphatic rings. The summed E-state index contributed by atoms with van der Waals surface area (Å²) in [6.45, 7) is 0.798. The van der Waals surface area contributed by atoms with Crippen LogP contribution >= 0.6 is 0 Å². The number of ether oxygens (including phenoxy) is 1. The number of epoxide rings is 1. The largest absolute Gasteiger partial charge is 0.347 e. The number of hydrogen-bond acceptors (Lipinski definition) is 3. The Bertz CT molecular complexity index is 239.